The van der Waals surface area contributed by atoms with E-state index in [4.69, 9.17) is 0 Å². The summed E-state index contributed by atoms with van der Waals surface area (Å²) in [5, 5.41) is 0. The number of hydrogen-bond acceptors (Lipinski definition) is 2. The Morgan fingerprint density at radius 2 is 2.00 bits per heavy atom. The largest absolute Gasteiger partial charge is 0.254 e. The van der Waals surface area contributed by atoms with Crippen LogP contribution < -0.4 is 4.72 Å². The highest BCUT2D eigenvalue weighted by atomic mass is 79.9. The van der Waals surface area contributed by atoms with Crippen molar-refractivity contribution in [3.05, 3.63) is 28.5 Å². The molecule has 0 atom stereocenters. The van der Waals surface area contributed by atoms with E-state index in [1.807, 2.05) is 20.8 Å². The molecule has 1 N–H and O–H groups in total. The predicted molar refractivity (Wildman–Crippen MR) is 62.8 cm³/mol. The van der Waals surface area contributed by atoms with E-state index in [0.717, 1.165) is 4.47 Å². The molecule has 14 heavy (non-hydrogen) atoms. The number of nitrogens with one attached hydrogen (secondary N) is 1. The lowest BCUT2D eigenvalue weighted by Crippen LogP contribution is -2.29. The van der Waals surface area contributed by atoms with Crippen molar-refractivity contribution in [2.45, 2.75) is 31.2 Å². The fourth-order valence-electron chi connectivity index (χ4n) is 0.763. The second kappa shape index (κ2) is 4.64. The molecule has 0 aliphatic carbocycles. The Balaban J connectivity index is 2.72. The summed E-state index contributed by atoms with van der Waals surface area (Å²) in [6, 6.07) is 4.91. The van der Waals surface area contributed by atoms with Gasteiger partial charge in [0, 0.05) is 10.0 Å². The average Bonchev–Trinajstić information content (AvgIpc) is 2.05. The predicted octanol–water partition coefficient (Wildman–Crippen LogP) is 3.98. The lowest BCUT2D eigenvalue weighted by Gasteiger charge is -2.19. The summed E-state index contributed by atoms with van der Waals surface area (Å²) < 4.78 is 17.3. The summed E-state index contributed by atoms with van der Waals surface area (Å²) in [4.78, 5) is 0.606. The van der Waals surface area contributed by atoms with Crippen LogP contribution >= 0.6 is 27.9 Å². The zero-order valence-corrected chi connectivity index (χ0v) is 10.8. The molecule has 0 heterocycles. The minimum Gasteiger partial charge on any atom is -0.254 e. The second-order valence-electron chi connectivity index (χ2n) is 4.03. The van der Waals surface area contributed by atoms with Gasteiger partial charge in [0.2, 0.25) is 0 Å². The van der Waals surface area contributed by atoms with Crippen molar-refractivity contribution in [2.24, 2.45) is 0 Å². The lowest BCUT2D eigenvalue weighted by molar-refractivity contribution is 0.533. The standard InChI is InChI=1S/C10H13BrFNS/c1-10(2,3)13-14-9-6-7(11)4-5-8(9)12/h4-6,13H,1-3H3. The Labute approximate surface area is 96.7 Å². The molecule has 0 unspecified atom stereocenters. The summed E-state index contributed by atoms with van der Waals surface area (Å²) in [6.45, 7) is 6.11. The van der Waals surface area contributed by atoms with Crippen LogP contribution in [-0.2, 0) is 0 Å². The van der Waals surface area contributed by atoms with Crippen LogP contribution in [0.1, 0.15) is 20.8 Å². The third-order valence-electron chi connectivity index (χ3n) is 1.36. The molecular weight excluding hydrogens is 265 g/mol. The Morgan fingerprint density at radius 1 is 1.36 bits per heavy atom. The number of benzene rings is 1. The zero-order valence-electron chi connectivity index (χ0n) is 8.40. The van der Waals surface area contributed by atoms with Crippen molar-refractivity contribution in [1.82, 2.24) is 4.72 Å². The normalized spacial score (nSPS) is 11.8. The van der Waals surface area contributed by atoms with E-state index in [1.165, 1.54) is 18.0 Å². The molecule has 0 saturated heterocycles. The topological polar surface area (TPSA) is 12.0 Å². The molecule has 0 aliphatic heterocycles. The van der Waals surface area contributed by atoms with Gasteiger partial charge in [0.25, 0.3) is 0 Å². The third-order valence-corrected chi connectivity index (χ3v) is 3.10. The summed E-state index contributed by atoms with van der Waals surface area (Å²) in [7, 11) is 0. The molecule has 78 valence electrons. The molecule has 1 aromatic rings. The smallest absolute Gasteiger partial charge is 0.138 e. The molecule has 0 radical (unpaired) electrons. The molecule has 0 fully saturated rings. The molecular formula is C10H13BrFNS. The third kappa shape index (κ3) is 3.98. The molecule has 0 aromatic heterocycles. The SMILES string of the molecule is CC(C)(C)NSc1cc(Br)ccc1F. The Morgan fingerprint density at radius 3 is 2.57 bits per heavy atom. The van der Waals surface area contributed by atoms with Crippen LogP contribution in [0.25, 0.3) is 0 Å². The molecule has 1 aromatic carbocycles. The highest BCUT2D eigenvalue weighted by Gasteiger charge is 2.11. The zero-order chi connectivity index (χ0) is 10.8. The Hall–Kier alpha value is -0.0600. The van der Waals surface area contributed by atoms with Crippen molar-refractivity contribution in [3.63, 3.8) is 0 Å². The van der Waals surface area contributed by atoms with E-state index in [1.54, 1.807) is 12.1 Å². The minimum atomic E-state index is -0.199. The molecule has 0 aliphatic rings. The second-order valence-corrected chi connectivity index (χ2v) is 5.79. The van der Waals surface area contributed by atoms with Crippen LogP contribution in [0, 0.1) is 5.82 Å². The van der Waals surface area contributed by atoms with Gasteiger partial charge in [0.05, 0.1) is 4.90 Å². The van der Waals surface area contributed by atoms with Crippen LogP contribution in [0.2, 0.25) is 0 Å². The molecule has 0 amide bonds. The molecule has 0 bridgehead atoms. The maximum atomic E-state index is 13.3. The highest BCUT2D eigenvalue weighted by Crippen LogP contribution is 2.24. The minimum absolute atomic E-state index is 0.0283. The summed E-state index contributed by atoms with van der Waals surface area (Å²) in [5.74, 6) is -0.199. The fourth-order valence-corrected chi connectivity index (χ4v) is 2.04. The summed E-state index contributed by atoms with van der Waals surface area (Å²) >= 11 is 4.62. The lowest BCUT2D eigenvalue weighted by atomic mass is 10.1. The van der Waals surface area contributed by atoms with E-state index < -0.39 is 0 Å². The number of halogens is 2. The monoisotopic (exact) mass is 277 g/mol. The first-order chi connectivity index (χ1) is 6.38. The van der Waals surface area contributed by atoms with Crippen LogP contribution in [0.5, 0.6) is 0 Å². The van der Waals surface area contributed by atoms with Crippen molar-refractivity contribution in [3.8, 4) is 0 Å². The first-order valence-electron chi connectivity index (χ1n) is 4.27. The molecule has 1 rings (SSSR count). The fraction of sp³-hybridized carbons (Fsp3) is 0.400. The number of hydrogen-bond donors (Lipinski definition) is 1. The van der Waals surface area contributed by atoms with Gasteiger partial charge < -0.3 is 0 Å². The maximum absolute atomic E-state index is 13.3. The summed E-state index contributed by atoms with van der Waals surface area (Å²) in [5.41, 5.74) is -0.0283. The van der Waals surface area contributed by atoms with Crippen molar-refractivity contribution >= 4 is 27.9 Å². The molecule has 0 spiro atoms. The van der Waals surface area contributed by atoms with Crippen LogP contribution in [0.3, 0.4) is 0 Å². The van der Waals surface area contributed by atoms with Gasteiger partial charge in [-0.3, -0.25) is 4.72 Å². The first kappa shape index (κ1) is 12.0. The van der Waals surface area contributed by atoms with E-state index in [0.29, 0.717) is 4.90 Å². The molecule has 1 nitrogen and oxygen atoms in total. The van der Waals surface area contributed by atoms with E-state index >= 15 is 0 Å². The average molecular weight is 278 g/mol. The van der Waals surface area contributed by atoms with E-state index in [9.17, 15) is 4.39 Å². The number of rotatable bonds is 2. The van der Waals surface area contributed by atoms with Gasteiger partial charge in [-0.25, -0.2) is 4.39 Å². The Kier molecular flexibility index (Phi) is 3.98. The summed E-state index contributed by atoms with van der Waals surface area (Å²) in [6.07, 6.45) is 0. The molecule has 4 heteroatoms. The maximum Gasteiger partial charge on any atom is 0.138 e. The van der Waals surface area contributed by atoms with Crippen molar-refractivity contribution in [1.29, 1.82) is 0 Å². The molecule has 0 saturated carbocycles. The highest BCUT2D eigenvalue weighted by molar-refractivity contribution is 9.10. The Bertz CT molecular complexity index is 322. The first-order valence-corrected chi connectivity index (χ1v) is 5.88. The van der Waals surface area contributed by atoms with Gasteiger partial charge in [-0.05, 0) is 50.9 Å². The van der Waals surface area contributed by atoms with E-state index in [-0.39, 0.29) is 11.4 Å². The quantitative estimate of drug-likeness (QED) is 0.821. The van der Waals surface area contributed by atoms with Crippen LogP contribution in [0.15, 0.2) is 27.6 Å². The van der Waals surface area contributed by atoms with Crippen LogP contribution in [0.4, 0.5) is 4.39 Å². The van der Waals surface area contributed by atoms with Gasteiger partial charge in [-0.2, -0.15) is 0 Å². The van der Waals surface area contributed by atoms with Gasteiger partial charge in [0.15, 0.2) is 0 Å². The van der Waals surface area contributed by atoms with Gasteiger partial charge in [-0.15, -0.1) is 0 Å². The van der Waals surface area contributed by atoms with Crippen LogP contribution in [-0.4, -0.2) is 5.54 Å². The van der Waals surface area contributed by atoms with Crippen molar-refractivity contribution in [2.75, 3.05) is 0 Å². The van der Waals surface area contributed by atoms with Crippen molar-refractivity contribution < 1.29 is 4.39 Å². The van der Waals surface area contributed by atoms with E-state index in [2.05, 4.69) is 20.7 Å². The van der Waals surface area contributed by atoms with Gasteiger partial charge in [0.1, 0.15) is 5.82 Å². The van der Waals surface area contributed by atoms with Gasteiger partial charge >= 0.3 is 0 Å². The van der Waals surface area contributed by atoms with Gasteiger partial charge in [-0.1, -0.05) is 15.9 Å².